The second kappa shape index (κ2) is 13.1. The van der Waals surface area contributed by atoms with Gasteiger partial charge in [0.15, 0.2) is 5.69 Å². The molecule has 3 aromatic rings. The van der Waals surface area contributed by atoms with Gasteiger partial charge in [0, 0.05) is 51.9 Å². The minimum absolute atomic E-state index is 0.0270. The average Bonchev–Trinajstić information content (AvgIpc) is 3.49. The average molecular weight is 614 g/mol. The fourth-order valence-electron chi connectivity index (χ4n) is 5.51. The molecule has 1 amide bonds. The van der Waals surface area contributed by atoms with Crippen molar-refractivity contribution in [2.24, 2.45) is 5.92 Å². The quantitative estimate of drug-likeness (QED) is 0.269. The predicted octanol–water partition coefficient (Wildman–Crippen LogP) is 4.43. The number of rotatable bonds is 8. The Bertz CT molecular complexity index is 1480. The Kier molecular flexibility index (Phi) is 9.21. The number of ketones is 1. The van der Waals surface area contributed by atoms with Crippen LogP contribution in [0.2, 0.25) is 0 Å². The Morgan fingerprint density at radius 2 is 1.66 bits per heavy atom. The van der Waals surface area contributed by atoms with Crippen molar-refractivity contribution in [2.45, 2.75) is 38.8 Å². The highest BCUT2D eigenvalue weighted by Gasteiger charge is 2.42. The Morgan fingerprint density at radius 1 is 0.955 bits per heavy atom. The number of benzene rings is 1. The largest absolute Gasteiger partial charge is 0.465 e. The van der Waals surface area contributed by atoms with Crippen molar-refractivity contribution in [3.8, 4) is 0 Å². The molecule has 0 aliphatic carbocycles. The summed E-state index contributed by atoms with van der Waals surface area (Å²) in [4.78, 5) is 50.9. The molecule has 234 valence electrons. The first kappa shape index (κ1) is 31.0. The fourth-order valence-corrected chi connectivity index (χ4v) is 5.51. The molecule has 0 radical (unpaired) electrons. The Labute approximate surface area is 252 Å². The van der Waals surface area contributed by atoms with Gasteiger partial charge in [-0.15, -0.1) is 0 Å². The van der Waals surface area contributed by atoms with Crippen LogP contribution in [0.15, 0.2) is 47.0 Å². The SMILES string of the molecule is COC(=O)c1ccc(CC(=O)N2CCN(c3ccc(CC(=O)c4oc(N5CCCC(C)C5)nc4C(F)(F)F)cn3)CC2)cc1. The zero-order valence-electron chi connectivity index (χ0n) is 24.6. The molecule has 0 bridgehead atoms. The molecule has 2 fully saturated rings. The summed E-state index contributed by atoms with van der Waals surface area (Å²) >= 11 is 0. The van der Waals surface area contributed by atoms with E-state index in [-0.39, 0.29) is 30.7 Å². The summed E-state index contributed by atoms with van der Waals surface area (Å²) in [6.07, 6.45) is -1.67. The van der Waals surface area contributed by atoms with Crippen LogP contribution in [0.4, 0.5) is 25.0 Å². The van der Waals surface area contributed by atoms with Gasteiger partial charge in [-0.2, -0.15) is 18.2 Å². The van der Waals surface area contributed by atoms with E-state index in [9.17, 15) is 27.6 Å². The van der Waals surface area contributed by atoms with Gasteiger partial charge in [0.05, 0.1) is 19.1 Å². The van der Waals surface area contributed by atoms with E-state index in [2.05, 4.69) is 9.97 Å². The van der Waals surface area contributed by atoms with Gasteiger partial charge in [0.1, 0.15) is 5.82 Å². The molecule has 0 N–H and O–H groups in total. The maximum Gasteiger partial charge on any atom is 0.437 e. The van der Waals surface area contributed by atoms with Crippen LogP contribution in [0.5, 0.6) is 0 Å². The normalized spacial score (nSPS) is 17.5. The molecular formula is C31H34F3N5O5. The number of piperazine rings is 1. The number of esters is 1. The smallest absolute Gasteiger partial charge is 0.437 e. The van der Waals surface area contributed by atoms with Gasteiger partial charge in [0.2, 0.25) is 17.5 Å². The van der Waals surface area contributed by atoms with Crippen LogP contribution >= 0.6 is 0 Å². The number of pyridine rings is 1. The first-order valence-electron chi connectivity index (χ1n) is 14.5. The number of halogens is 3. The Hall–Kier alpha value is -4.42. The van der Waals surface area contributed by atoms with Crippen LogP contribution in [-0.2, 0) is 28.5 Å². The number of carbonyl (C=O) groups is 3. The van der Waals surface area contributed by atoms with Crippen LogP contribution in [0, 0.1) is 5.92 Å². The summed E-state index contributed by atoms with van der Waals surface area (Å²) in [5.74, 6) is -1.13. The number of hydrogen-bond donors (Lipinski definition) is 0. The highest BCUT2D eigenvalue weighted by atomic mass is 19.4. The lowest BCUT2D eigenvalue weighted by Gasteiger charge is -2.35. The number of alkyl halides is 3. The summed E-state index contributed by atoms with van der Waals surface area (Å²) in [6, 6.07) is 9.93. The van der Waals surface area contributed by atoms with Gasteiger partial charge in [-0.25, -0.2) is 9.78 Å². The van der Waals surface area contributed by atoms with Crippen molar-refractivity contribution in [3.63, 3.8) is 0 Å². The molecule has 2 aromatic heterocycles. The van der Waals surface area contributed by atoms with Crippen molar-refractivity contribution in [1.82, 2.24) is 14.9 Å². The van der Waals surface area contributed by atoms with Crippen molar-refractivity contribution in [2.75, 3.05) is 56.2 Å². The lowest BCUT2D eigenvalue weighted by atomic mass is 10.0. The number of hydrogen-bond acceptors (Lipinski definition) is 9. The van der Waals surface area contributed by atoms with Crippen LogP contribution in [-0.4, -0.2) is 78.9 Å². The highest BCUT2D eigenvalue weighted by Crippen LogP contribution is 2.35. The number of piperidine rings is 1. The van der Waals surface area contributed by atoms with E-state index in [1.807, 2.05) is 11.8 Å². The molecule has 1 unspecified atom stereocenters. The molecule has 0 saturated carbocycles. The molecule has 10 nitrogen and oxygen atoms in total. The molecule has 44 heavy (non-hydrogen) atoms. The predicted molar refractivity (Wildman–Crippen MR) is 155 cm³/mol. The molecular weight excluding hydrogens is 579 g/mol. The molecule has 2 aliphatic rings. The summed E-state index contributed by atoms with van der Waals surface area (Å²) in [5, 5.41) is 0. The van der Waals surface area contributed by atoms with Gasteiger partial charge < -0.3 is 23.9 Å². The Balaban J connectivity index is 1.16. The van der Waals surface area contributed by atoms with Crippen molar-refractivity contribution < 1.29 is 36.7 Å². The molecule has 13 heteroatoms. The summed E-state index contributed by atoms with van der Waals surface area (Å²) in [6.45, 7) is 5.13. The lowest BCUT2D eigenvalue weighted by molar-refractivity contribution is -0.141. The Morgan fingerprint density at radius 3 is 2.27 bits per heavy atom. The number of ether oxygens (including phenoxy) is 1. The van der Waals surface area contributed by atoms with E-state index in [0.717, 1.165) is 18.4 Å². The number of oxazole rings is 1. The zero-order chi connectivity index (χ0) is 31.4. The number of amides is 1. The van der Waals surface area contributed by atoms with E-state index in [0.29, 0.717) is 56.2 Å². The van der Waals surface area contributed by atoms with Crippen LogP contribution in [0.3, 0.4) is 0 Å². The minimum atomic E-state index is -4.82. The highest BCUT2D eigenvalue weighted by molar-refractivity contribution is 5.96. The number of anilines is 2. The monoisotopic (exact) mass is 613 g/mol. The number of nitrogens with zero attached hydrogens (tertiary/aromatic N) is 5. The second-order valence-electron chi connectivity index (χ2n) is 11.2. The molecule has 5 rings (SSSR count). The van der Waals surface area contributed by atoms with Gasteiger partial charge in [-0.05, 0) is 48.1 Å². The molecule has 1 atom stereocenters. The lowest BCUT2D eigenvalue weighted by Crippen LogP contribution is -2.49. The molecule has 2 saturated heterocycles. The molecule has 0 spiro atoms. The van der Waals surface area contributed by atoms with Crippen molar-refractivity contribution >= 4 is 29.5 Å². The van der Waals surface area contributed by atoms with Gasteiger partial charge in [0.25, 0.3) is 6.01 Å². The second-order valence-corrected chi connectivity index (χ2v) is 11.2. The molecule has 1 aromatic carbocycles. The maximum atomic E-state index is 13.8. The van der Waals surface area contributed by atoms with E-state index in [1.165, 1.54) is 13.3 Å². The third kappa shape index (κ3) is 7.20. The van der Waals surface area contributed by atoms with Crippen LogP contribution < -0.4 is 9.80 Å². The van der Waals surface area contributed by atoms with E-state index >= 15 is 0 Å². The third-order valence-corrected chi connectivity index (χ3v) is 7.93. The summed E-state index contributed by atoms with van der Waals surface area (Å²) < 4.78 is 51.4. The topological polar surface area (TPSA) is 109 Å². The van der Waals surface area contributed by atoms with Crippen molar-refractivity contribution in [3.05, 3.63) is 70.7 Å². The maximum absolute atomic E-state index is 13.8. The first-order chi connectivity index (χ1) is 21.0. The third-order valence-electron chi connectivity index (χ3n) is 7.93. The minimum Gasteiger partial charge on any atom is -0.465 e. The summed E-state index contributed by atoms with van der Waals surface area (Å²) in [7, 11) is 1.31. The number of Topliss-reactive ketones (excluding diaryl/α,β-unsaturated/α-hetero) is 1. The molecule has 2 aliphatic heterocycles. The fraction of sp³-hybridized carbons (Fsp3) is 0.452. The zero-order valence-corrected chi connectivity index (χ0v) is 24.6. The van der Waals surface area contributed by atoms with E-state index < -0.39 is 29.4 Å². The van der Waals surface area contributed by atoms with Gasteiger partial charge in [-0.3, -0.25) is 9.59 Å². The van der Waals surface area contributed by atoms with E-state index in [4.69, 9.17) is 9.15 Å². The van der Waals surface area contributed by atoms with Gasteiger partial charge in [-0.1, -0.05) is 25.1 Å². The number of methoxy groups -OCH3 is 1. The standard InChI is InChI=1S/C31H34F3N5O5/c1-20-4-3-11-39(19-20)30-36-28(31(32,33)34)27(44-30)24(40)16-22-7-10-25(35-18-22)37-12-14-38(15-13-37)26(41)17-21-5-8-23(9-6-21)29(42)43-2/h5-10,18,20H,3-4,11-17,19H2,1-2H3. The van der Waals surface area contributed by atoms with Crippen molar-refractivity contribution in [1.29, 1.82) is 0 Å². The number of carbonyl (C=O) groups excluding carboxylic acids is 3. The van der Waals surface area contributed by atoms with Crippen LogP contribution in [0.1, 0.15) is 57.5 Å². The van der Waals surface area contributed by atoms with E-state index in [1.54, 1.807) is 46.2 Å². The molecule has 4 heterocycles. The van der Waals surface area contributed by atoms with Crippen LogP contribution in [0.25, 0.3) is 0 Å². The summed E-state index contributed by atoms with van der Waals surface area (Å²) in [5.41, 5.74) is 0.359. The first-order valence-corrected chi connectivity index (χ1v) is 14.5. The number of aromatic nitrogens is 2. The van der Waals surface area contributed by atoms with Gasteiger partial charge >= 0.3 is 12.1 Å².